The van der Waals surface area contributed by atoms with Crippen LogP contribution in [0.1, 0.15) is 46.5 Å². The van der Waals surface area contributed by atoms with Gasteiger partial charge >= 0.3 is 0 Å². The van der Waals surface area contributed by atoms with Crippen LogP contribution in [0.15, 0.2) is 0 Å². The molecule has 17 heavy (non-hydrogen) atoms. The van der Waals surface area contributed by atoms with Gasteiger partial charge in [0.05, 0.1) is 0 Å². The average molecular weight is 243 g/mol. The van der Waals surface area contributed by atoms with Crippen molar-refractivity contribution in [2.75, 3.05) is 20.1 Å². The molecule has 1 atom stereocenters. The first-order valence-electron chi connectivity index (χ1n) is 6.66. The summed E-state index contributed by atoms with van der Waals surface area (Å²) in [5.41, 5.74) is 5.62. The van der Waals surface area contributed by atoms with Crippen molar-refractivity contribution in [3.8, 4) is 0 Å². The van der Waals surface area contributed by atoms with Crippen LogP contribution in [0.25, 0.3) is 0 Å². The van der Waals surface area contributed by atoms with Crippen LogP contribution in [0.4, 0.5) is 0 Å². The van der Waals surface area contributed by atoms with Gasteiger partial charge in [0.1, 0.15) is 0 Å². The minimum atomic E-state index is 0.151. The fourth-order valence-corrected chi connectivity index (χ4v) is 1.49. The Bertz CT molecular complexity index is 205. The molecule has 1 unspecified atom stereocenters. The summed E-state index contributed by atoms with van der Waals surface area (Å²) in [6.07, 6.45) is 3.41. The van der Waals surface area contributed by atoms with Gasteiger partial charge in [-0.25, -0.2) is 0 Å². The molecular weight excluding hydrogens is 214 g/mol. The number of nitrogens with one attached hydrogen (secondary N) is 1. The minimum Gasteiger partial charge on any atom is -0.356 e. The molecular formula is C13H29N3O. The molecule has 0 spiro atoms. The molecule has 0 aromatic rings. The van der Waals surface area contributed by atoms with E-state index in [-0.39, 0.29) is 11.9 Å². The Balaban J connectivity index is 3.39. The van der Waals surface area contributed by atoms with Crippen molar-refractivity contribution in [2.24, 2.45) is 5.73 Å². The molecule has 4 nitrogen and oxygen atoms in total. The summed E-state index contributed by atoms with van der Waals surface area (Å²) in [7, 11) is 2.11. The Hall–Kier alpha value is -0.610. The molecule has 0 saturated heterocycles. The maximum atomic E-state index is 11.4. The highest BCUT2D eigenvalue weighted by molar-refractivity contribution is 5.75. The Labute approximate surface area is 106 Å². The highest BCUT2D eigenvalue weighted by Crippen LogP contribution is 1.98. The number of hydrogen-bond donors (Lipinski definition) is 2. The molecule has 0 aliphatic carbocycles. The van der Waals surface area contributed by atoms with Crippen LogP contribution >= 0.6 is 0 Å². The maximum absolute atomic E-state index is 11.4. The van der Waals surface area contributed by atoms with E-state index < -0.39 is 0 Å². The van der Waals surface area contributed by atoms with Gasteiger partial charge in [-0.05, 0) is 53.6 Å². The summed E-state index contributed by atoms with van der Waals surface area (Å²) in [4.78, 5) is 13.7. The van der Waals surface area contributed by atoms with Crippen LogP contribution in [0.3, 0.4) is 0 Å². The summed E-state index contributed by atoms with van der Waals surface area (Å²) < 4.78 is 0. The summed E-state index contributed by atoms with van der Waals surface area (Å²) in [6, 6.07) is 0.763. The number of hydrogen-bond acceptors (Lipinski definition) is 3. The normalized spacial score (nSPS) is 13.1. The summed E-state index contributed by atoms with van der Waals surface area (Å²) in [5.74, 6) is 0.151. The van der Waals surface area contributed by atoms with Crippen molar-refractivity contribution >= 4 is 5.91 Å². The minimum absolute atomic E-state index is 0.151. The zero-order valence-corrected chi connectivity index (χ0v) is 11.8. The van der Waals surface area contributed by atoms with E-state index in [9.17, 15) is 4.79 Å². The fraction of sp³-hybridized carbons (Fsp3) is 0.923. The van der Waals surface area contributed by atoms with E-state index in [1.165, 1.54) is 0 Å². The molecule has 0 rings (SSSR count). The lowest BCUT2D eigenvalue weighted by atomic mass is 10.1. The Kier molecular flexibility index (Phi) is 9.09. The third-order valence-corrected chi connectivity index (χ3v) is 2.95. The summed E-state index contributed by atoms with van der Waals surface area (Å²) in [6.45, 7) is 8.12. The van der Waals surface area contributed by atoms with E-state index in [1.54, 1.807) is 0 Å². The summed E-state index contributed by atoms with van der Waals surface area (Å²) in [5, 5.41) is 2.94. The fourth-order valence-electron chi connectivity index (χ4n) is 1.49. The van der Waals surface area contributed by atoms with Gasteiger partial charge in [0.15, 0.2) is 0 Å². The zero-order valence-electron chi connectivity index (χ0n) is 11.8. The van der Waals surface area contributed by atoms with E-state index in [4.69, 9.17) is 5.73 Å². The quantitative estimate of drug-likeness (QED) is 0.601. The Morgan fingerprint density at radius 2 is 1.94 bits per heavy atom. The SMILES string of the molecule is CC(N)CCCC(=O)NCCCN(C)C(C)C. The number of carbonyl (C=O) groups is 1. The van der Waals surface area contributed by atoms with E-state index in [1.807, 2.05) is 6.92 Å². The zero-order chi connectivity index (χ0) is 13.3. The Morgan fingerprint density at radius 3 is 2.47 bits per heavy atom. The molecule has 0 radical (unpaired) electrons. The second kappa shape index (κ2) is 9.42. The number of nitrogens with zero attached hydrogens (tertiary/aromatic N) is 1. The summed E-state index contributed by atoms with van der Waals surface area (Å²) >= 11 is 0. The van der Waals surface area contributed by atoms with Crippen LogP contribution < -0.4 is 11.1 Å². The lowest BCUT2D eigenvalue weighted by Crippen LogP contribution is -2.31. The van der Waals surface area contributed by atoms with E-state index in [0.717, 1.165) is 32.4 Å². The Morgan fingerprint density at radius 1 is 1.29 bits per heavy atom. The van der Waals surface area contributed by atoms with E-state index in [2.05, 4.69) is 31.1 Å². The van der Waals surface area contributed by atoms with Crippen molar-refractivity contribution in [2.45, 2.75) is 58.5 Å². The third-order valence-electron chi connectivity index (χ3n) is 2.95. The first-order chi connectivity index (χ1) is 7.93. The number of amides is 1. The lowest BCUT2D eigenvalue weighted by molar-refractivity contribution is -0.121. The highest BCUT2D eigenvalue weighted by Gasteiger charge is 2.04. The van der Waals surface area contributed by atoms with Gasteiger partial charge in [0.25, 0.3) is 0 Å². The van der Waals surface area contributed by atoms with Gasteiger partial charge in [-0.3, -0.25) is 4.79 Å². The monoisotopic (exact) mass is 243 g/mol. The predicted molar refractivity (Wildman–Crippen MR) is 72.9 cm³/mol. The third kappa shape index (κ3) is 10.3. The molecule has 0 aromatic carbocycles. The largest absolute Gasteiger partial charge is 0.356 e. The molecule has 0 bridgehead atoms. The molecule has 0 saturated carbocycles. The van der Waals surface area contributed by atoms with Gasteiger partial charge in [-0.1, -0.05) is 0 Å². The van der Waals surface area contributed by atoms with Crippen LogP contribution in [0, 0.1) is 0 Å². The van der Waals surface area contributed by atoms with Crippen molar-refractivity contribution < 1.29 is 4.79 Å². The smallest absolute Gasteiger partial charge is 0.219 e. The van der Waals surface area contributed by atoms with Crippen LogP contribution in [-0.4, -0.2) is 43.0 Å². The maximum Gasteiger partial charge on any atom is 0.219 e. The molecule has 1 amide bonds. The first kappa shape index (κ1) is 16.4. The molecule has 102 valence electrons. The van der Waals surface area contributed by atoms with Gasteiger partial charge in [0, 0.05) is 25.0 Å². The molecule has 0 aliphatic rings. The van der Waals surface area contributed by atoms with Crippen LogP contribution in [0.5, 0.6) is 0 Å². The molecule has 4 heteroatoms. The van der Waals surface area contributed by atoms with Gasteiger partial charge in [-0.2, -0.15) is 0 Å². The molecule has 0 aliphatic heterocycles. The van der Waals surface area contributed by atoms with Crippen molar-refractivity contribution in [3.63, 3.8) is 0 Å². The van der Waals surface area contributed by atoms with Crippen molar-refractivity contribution in [1.82, 2.24) is 10.2 Å². The predicted octanol–water partition coefficient (Wildman–Crippen LogP) is 1.35. The molecule has 0 heterocycles. The lowest BCUT2D eigenvalue weighted by Gasteiger charge is -2.20. The van der Waals surface area contributed by atoms with E-state index >= 15 is 0 Å². The van der Waals surface area contributed by atoms with E-state index in [0.29, 0.717) is 12.5 Å². The number of nitrogens with two attached hydrogens (primary N) is 1. The topological polar surface area (TPSA) is 58.4 Å². The van der Waals surface area contributed by atoms with Crippen molar-refractivity contribution in [3.05, 3.63) is 0 Å². The van der Waals surface area contributed by atoms with Crippen molar-refractivity contribution in [1.29, 1.82) is 0 Å². The standard InChI is InChI=1S/C13H29N3O/c1-11(2)16(4)10-6-9-15-13(17)8-5-7-12(3)14/h11-12H,5-10,14H2,1-4H3,(H,15,17). The second-order valence-electron chi connectivity index (χ2n) is 5.15. The van der Waals surface area contributed by atoms with Gasteiger partial charge in [0.2, 0.25) is 5.91 Å². The molecule has 3 N–H and O–H groups in total. The van der Waals surface area contributed by atoms with Gasteiger partial charge < -0.3 is 16.0 Å². The van der Waals surface area contributed by atoms with Crippen LogP contribution in [-0.2, 0) is 4.79 Å². The van der Waals surface area contributed by atoms with Crippen LogP contribution in [0.2, 0.25) is 0 Å². The first-order valence-corrected chi connectivity index (χ1v) is 6.66. The number of rotatable bonds is 9. The molecule has 0 fully saturated rings. The molecule has 0 aromatic heterocycles. The number of carbonyl (C=O) groups excluding carboxylic acids is 1. The van der Waals surface area contributed by atoms with Gasteiger partial charge in [-0.15, -0.1) is 0 Å². The average Bonchev–Trinajstić information content (AvgIpc) is 2.23. The second-order valence-corrected chi connectivity index (χ2v) is 5.15. The highest BCUT2D eigenvalue weighted by atomic mass is 16.1.